The number of rotatable bonds is 6. The number of amides is 1. The Labute approximate surface area is 143 Å². The minimum Gasteiger partial charge on any atom is -0.368 e. The van der Waals surface area contributed by atoms with E-state index in [0.29, 0.717) is 11.3 Å². The van der Waals surface area contributed by atoms with E-state index in [1.54, 1.807) is 19.1 Å². The maximum Gasteiger partial charge on any atom is 0.250 e. The first kappa shape index (κ1) is 18.9. The van der Waals surface area contributed by atoms with Crippen LogP contribution < -0.4 is 10.6 Å². The average molecular weight is 355 g/mol. The molecule has 1 aliphatic heterocycles. The van der Waals surface area contributed by atoms with Gasteiger partial charge in [0.05, 0.1) is 11.0 Å². The van der Waals surface area contributed by atoms with Crippen LogP contribution in [0.15, 0.2) is 23.1 Å². The molecule has 24 heavy (non-hydrogen) atoms. The second-order valence-corrected chi connectivity index (χ2v) is 8.20. The number of anilines is 1. The van der Waals surface area contributed by atoms with Crippen LogP contribution in [0.4, 0.5) is 5.69 Å². The summed E-state index contributed by atoms with van der Waals surface area (Å²) in [6.45, 7) is 3.49. The van der Waals surface area contributed by atoms with Gasteiger partial charge < -0.3 is 15.4 Å². The maximum atomic E-state index is 12.3. The van der Waals surface area contributed by atoms with Crippen molar-refractivity contribution in [1.82, 2.24) is 9.62 Å². The molecule has 0 saturated carbocycles. The van der Waals surface area contributed by atoms with Crippen molar-refractivity contribution in [2.24, 2.45) is 0 Å². The number of ether oxygens (including phenoxy) is 1. The van der Waals surface area contributed by atoms with Crippen LogP contribution in [0.3, 0.4) is 0 Å². The first-order valence-electron chi connectivity index (χ1n) is 7.96. The van der Waals surface area contributed by atoms with Gasteiger partial charge in [-0.15, -0.1) is 0 Å². The van der Waals surface area contributed by atoms with Crippen LogP contribution >= 0.6 is 0 Å². The van der Waals surface area contributed by atoms with Gasteiger partial charge in [-0.05, 0) is 50.6 Å². The molecule has 0 aromatic heterocycles. The smallest absolute Gasteiger partial charge is 0.250 e. The maximum absolute atomic E-state index is 12.3. The number of aryl methyl sites for hydroxylation is 1. The van der Waals surface area contributed by atoms with E-state index in [1.165, 1.54) is 20.2 Å². The molecule has 2 rings (SSSR count). The molecule has 2 N–H and O–H groups in total. The Morgan fingerprint density at radius 3 is 2.62 bits per heavy atom. The zero-order valence-electron chi connectivity index (χ0n) is 14.3. The number of hydrogen-bond donors (Lipinski definition) is 2. The fourth-order valence-corrected chi connectivity index (χ4v) is 3.65. The number of carbonyl (C=O) groups excluding carboxylic acids is 1. The Balaban J connectivity index is 2.00. The predicted octanol–water partition coefficient (Wildman–Crippen LogP) is 0.952. The van der Waals surface area contributed by atoms with E-state index in [9.17, 15) is 13.2 Å². The van der Waals surface area contributed by atoms with Crippen LogP contribution in [0, 0.1) is 6.92 Å². The Bertz CT molecular complexity index is 683. The molecule has 1 aromatic carbocycles. The van der Waals surface area contributed by atoms with Gasteiger partial charge in [0.1, 0.15) is 6.61 Å². The third-order valence-electron chi connectivity index (χ3n) is 3.97. The zero-order chi connectivity index (χ0) is 17.7. The molecule has 0 radical (unpaired) electrons. The third kappa shape index (κ3) is 4.76. The topological polar surface area (TPSA) is 87.7 Å². The summed E-state index contributed by atoms with van der Waals surface area (Å²) in [6.07, 6.45) is 1.88. The van der Waals surface area contributed by atoms with Crippen molar-refractivity contribution < 1.29 is 17.9 Å². The molecule has 1 aliphatic rings. The van der Waals surface area contributed by atoms with E-state index in [1.807, 2.05) is 0 Å². The summed E-state index contributed by atoms with van der Waals surface area (Å²) < 4.78 is 31.4. The number of hydrogen-bond acceptors (Lipinski definition) is 5. The highest BCUT2D eigenvalue weighted by Crippen LogP contribution is 2.22. The lowest BCUT2D eigenvalue weighted by atomic mass is 10.1. The summed E-state index contributed by atoms with van der Waals surface area (Å²) in [5.41, 5.74) is 1.08. The first-order valence-corrected chi connectivity index (χ1v) is 9.40. The Kier molecular flexibility index (Phi) is 6.34. The molecule has 8 heteroatoms. The van der Waals surface area contributed by atoms with Crippen molar-refractivity contribution in [1.29, 1.82) is 0 Å². The first-order chi connectivity index (χ1) is 11.3. The van der Waals surface area contributed by atoms with Gasteiger partial charge in [0.15, 0.2) is 0 Å². The molecule has 1 fully saturated rings. The molecule has 1 heterocycles. The number of piperidine rings is 1. The molecule has 1 aromatic rings. The van der Waals surface area contributed by atoms with E-state index in [2.05, 4.69) is 10.6 Å². The molecular weight excluding hydrogens is 330 g/mol. The molecular formula is C16H25N3O4S. The third-order valence-corrected chi connectivity index (χ3v) is 5.92. The standard InChI is InChI=1S/C16H25N3O4S/c1-12-4-5-13(10-15(12)24(21,22)19(2)3)18-16(20)11-23-14-6-8-17-9-7-14/h4-5,10,14,17H,6-9,11H2,1-3H3,(H,18,20). The molecule has 0 spiro atoms. The lowest BCUT2D eigenvalue weighted by Crippen LogP contribution is -2.34. The highest BCUT2D eigenvalue weighted by Gasteiger charge is 2.20. The lowest BCUT2D eigenvalue weighted by molar-refractivity contribution is -0.123. The van der Waals surface area contributed by atoms with Gasteiger partial charge in [-0.1, -0.05) is 6.07 Å². The second kappa shape index (κ2) is 8.06. The van der Waals surface area contributed by atoms with Crippen LogP contribution in [0.25, 0.3) is 0 Å². The summed E-state index contributed by atoms with van der Waals surface area (Å²) >= 11 is 0. The van der Waals surface area contributed by atoms with E-state index in [0.717, 1.165) is 30.2 Å². The molecule has 0 unspecified atom stereocenters. The molecule has 1 amide bonds. The van der Waals surface area contributed by atoms with Gasteiger partial charge >= 0.3 is 0 Å². The minimum atomic E-state index is -3.55. The molecule has 0 atom stereocenters. The molecule has 0 bridgehead atoms. The fourth-order valence-electron chi connectivity index (χ4n) is 2.51. The number of nitrogens with one attached hydrogen (secondary N) is 2. The highest BCUT2D eigenvalue weighted by molar-refractivity contribution is 7.89. The summed E-state index contributed by atoms with van der Waals surface area (Å²) in [4.78, 5) is 12.2. The molecule has 7 nitrogen and oxygen atoms in total. The van der Waals surface area contributed by atoms with Crippen LogP contribution in [-0.4, -0.2) is 58.5 Å². The van der Waals surface area contributed by atoms with Gasteiger partial charge in [0.2, 0.25) is 15.9 Å². The van der Waals surface area contributed by atoms with Gasteiger partial charge in [-0.2, -0.15) is 0 Å². The zero-order valence-corrected chi connectivity index (χ0v) is 15.1. The normalized spacial score (nSPS) is 16.3. The van der Waals surface area contributed by atoms with Crippen molar-refractivity contribution in [3.63, 3.8) is 0 Å². The summed E-state index contributed by atoms with van der Waals surface area (Å²) in [7, 11) is -0.593. The average Bonchev–Trinajstić information content (AvgIpc) is 2.55. The number of sulfonamides is 1. The van der Waals surface area contributed by atoms with Crippen LogP contribution in [0.1, 0.15) is 18.4 Å². The quantitative estimate of drug-likeness (QED) is 0.793. The second-order valence-electron chi connectivity index (χ2n) is 6.08. The largest absolute Gasteiger partial charge is 0.368 e. The van der Waals surface area contributed by atoms with Crippen molar-refractivity contribution >= 4 is 21.6 Å². The van der Waals surface area contributed by atoms with Crippen molar-refractivity contribution in [2.45, 2.75) is 30.8 Å². The Hall–Kier alpha value is -1.48. The van der Waals surface area contributed by atoms with Crippen LogP contribution in [-0.2, 0) is 19.6 Å². The van der Waals surface area contributed by atoms with Crippen molar-refractivity contribution in [2.75, 3.05) is 39.1 Å². The number of nitrogens with zero attached hydrogens (tertiary/aromatic N) is 1. The Morgan fingerprint density at radius 1 is 1.33 bits per heavy atom. The highest BCUT2D eigenvalue weighted by atomic mass is 32.2. The van der Waals surface area contributed by atoms with E-state index in [4.69, 9.17) is 4.74 Å². The van der Waals surface area contributed by atoms with Crippen LogP contribution in [0.5, 0.6) is 0 Å². The van der Waals surface area contributed by atoms with Gasteiger partial charge in [0.25, 0.3) is 0 Å². The monoisotopic (exact) mass is 355 g/mol. The number of benzene rings is 1. The van der Waals surface area contributed by atoms with Crippen molar-refractivity contribution in [3.8, 4) is 0 Å². The van der Waals surface area contributed by atoms with E-state index >= 15 is 0 Å². The fraction of sp³-hybridized carbons (Fsp3) is 0.562. The molecule has 0 aliphatic carbocycles. The molecule has 1 saturated heterocycles. The predicted molar refractivity (Wildman–Crippen MR) is 92.5 cm³/mol. The van der Waals surface area contributed by atoms with Gasteiger partial charge in [0, 0.05) is 19.8 Å². The van der Waals surface area contributed by atoms with E-state index in [-0.39, 0.29) is 23.5 Å². The van der Waals surface area contributed by atoms with Gasteiger partial charge in [-0.3, -0.25) is 4.79 Å². The summed E-state index contributed by atoms with van der Waals surface area (Å²) in [5, 5.41) is 5.93. The van der Waals surface area contributed by atoms with Crippen molar-refractivity contribution in [3.05, 3.63) is 23.8 Å². The van der Waals surface area contributed by atoms with Crippen LogP contribution in [0.2, 0.25) is 0 Å². The summed E-state index contributed by atoms with van der Waals surface area (Å²) in [5.74, 6) is -0.286. The molecule has 134 valence electrons. The SMILES string of the molecule is Cc1ccc(NC(=O)COC2CCNCC2)cc1S(=O)(=O)N(C)C. The van der Waals surface area contributed by atoms with E-state index < -0.39 is 10.0 Å². The number of carbonyl (C=O) groups is 1. The Morgan fingerprint density at radius 2 is 2.00 bits per heavy atom. The lowest BCUT2D eigenvalue weighted by Gasteiger charge is -2.22. The summed E-state index contributed by atoms with van der Waals surface area (Å²) in [6, 6.07) is 4.85. The van der Waals surface area contributed by atoms with Gasteiger partial charge in [-0.25, -0.2) is 12.7 Å². The minimum absolute atomic E-state index is 0.0334.